The summed E-state index contributed by atoms with van der Waals surface area (Å²) in [6.07, 6.45) is 2.47. The van der Waals surface area contributed by atoms with E-state index in [0.29, 0.717) is 12.0 Å². The highest BCUT2D eigenvalue weighted by atomic mass is 35.5. The van der Waals surface area contributed by atoms with Crippen molar-refractivity contribution in [2.75, 3.05) is 0 Å². The van der Waals surface area contributed by atoms with Crippen LogP contribution in [0.4, 0.5) is 5.69 Å². The minimum atomic E-state index is -0.599. The third-order valence-corrected chi connectivity index (χ3v) is 2.70. The Hall–Kier alpha value is -1.66. The second-order valence-electron chi connectivity index (χ2n) is 4.28. The van der Waals surface area contributed by atoms with Gasteiger partial charge in [-0.2, -0.15) is 0 Å². The third-order valence-electron chi connectivity index (χ3n) is 2.70. The average molecular weight is 303 g/mol. The summed E-state index contributed by atoms with van der Waals surface area (Å²) < 4.78 is 5.05. The summed E-state index contributed by atoms with van der Waals surface area (Å²) in [6, 6.07) is 5.27. The van der Waals surface area contributed by atoms with Crippen LogP contribution in [0.5, 0.6) is 0 Å². The Bertz CT molecular complexity index is 437. The Morgan fingerprint density at radius 1 is 1.40 bits per heavy atom. The quantitative estimate of drug-likeness (QED) is 0.474. The van der Waals surface area contributed by atoms with E-state index >= 15 is 0 Å². The Morgan fingerprint density at radius 3 is 2.50 bits per heavy atom. The summed E-state index contributed by atoms with van der Waals surface area (Å²) in [6.45, 7) is 2.10. The van der Waals surface area contributed by atoms with Crippen LogP contribution in [-0.2, 0) is 16.1 Å². The van der Waals surface area contributed by atoms with E-state index < -0.39 is 16.9 Å². The van der Waals surface area contributed by atoms with Crippen LogP contribution in [-0.4, -0.2) is 16.9 Å². The normalized spacial score (nSPS) is 11.3. The van der Waals surface area contributed by atoms with Crippen LogP contribution in [0.25, 0.3) is 0 Å². The molecule has 0 saturated heterocycles. The van der Waals surface area contributed by atoms with E-state index in [1.165, 1.54) is 12.1 Å². The number of unbranched alkanes of at least 4 members (excludes halogenated alkanes) is 1. The molecule has 112 valence electrons. The first-order valence-electron chi connectivity index (χ1n) is 6.20. The van der Waals surface area contributed by atoms with Crippen molar-refractivity contribution < 1.29 is 14.5 Å². The monoisotopic (exact) mass is 302 g/mol. The molecule has 1 rings (SSSR count). The standard InChI is InChI=1S/C13H18N2O4.ClH/c1-2-3-4-12(14)13(16)19-9-10-5-7-11(8-6-10)15(17)18;/h5-8,12H,2-4,9,14H2,1H3;1H/t12-;/m0./s1. The van der Waals surface area contributed by atoms with Gasteiger partial charge in [-0.15, -0.1) is 12.4 Å². The average Bonchev–Trinajstić information content (AvgIpc) is 2.42. The molecule has 20 heavy (non-hydrogen) atoms. The minimum absolute atomic E-state index is 0. The highest BCUT2D eigenvalue weighted by molar-refractivity contribution is 5.85. The van der Waals surface area contributed by atoms with Crippen LogP contribution in [0.15, 0.2) is 24.3 Å². The molecule has 7 heteroatoms. The number of rotatable bonds is 7. The lowest BCUT2D eigenvalue weighted by molar-refractivity contribution is -0.384. The van der Waals surface area contributed by atoms with Crippen molar-refractivity contribution >= 4 is 24.1 Å². The molecule has 1 aromatic rings. The van der Waals surface area contributed by atoms with E-state index in [1.54, 1.807) is 12.1 Å². The number of nitrogens with zero attached hydrogens (tertiary/aromatic N) is 1. The smallest absolute Gasteiger partial charge is 0.323 e. The molecule has 0 saturated carbocycles. The van der Waals surface area contributed by atoms with Crippen molar-refractivity contribution in [1.82, 2.24) is 0 Å². The zero-order valence-corrected chi connectivity index (χ0v) is 12.1. The fraction of sp³-hybridized carbons (Fsp3) is 0.462. The Balaban J connectivity index is 0.00000361. The summed E-state index contributed by atoms with van der Waals surface area (Å²) in [4.78, 5) is 21.5. The molecule has 1 atom stereocenters. The topological polar surface area (TPSA) is 95.5 Å². The molecule has 0 amide bonds. The van der Waals surface area contributed by atoms with E-state index in [1.807, 2.05) is 6.92 Å². The number of benzene rings is 1. The lowest BCUT2D eigenvalue weighted by Crippen LogP contribution is -2.32. The van der Waals surface area contributed by atoms with Gasteiger partial charge in [-0.3, -0.25) is 14.9 Å². The van der Waals surface area contributed by atoms with Gasteiger partial charge in [0, 0.05) is 12.1 Å². The van der Waals surface area contributed by atoms with Gasteiger partial charge in [0.2, 0.25) is 0 Å². The molecule has 0 bridgehead atoms. The van der Waals surface area contributed by atoms with Crippen molar-refractivity contribution in [3.05, 3.63) is 39.9 Å². The van der Waals surface area contributed by atoms with E-state index in [9.17, 15) is 14.9 Å². The zero-order valence-electron chi connectivity index (χ0n) is 11.3. The van der Waals surface area contributed by atoms with Gasteiger partial charge in [0.15, 0.2) is 0 Å². The van der Waals surface area contributed by atoms with Gasteiger partial charge in [-0.05, 0) is 24.1 Å². The SMILES string of the molecule is CCCC[C@H](N)C(=O)OCc1ccc([N+](=O)[O-])cc1.Cl. The van der Waals surface area contributed by atoms with Crippen molar-refractivity contribution in [3.63, 3.8) is 0 Å². The van der Waals surface area contributed by atoms with Crippen LogP contribution in [0.1, 0.15) is 31.7 Å². The van der Waals surface area contributed by atoms with Crippen LogP contribution in [0.3, 0.4) is 0 Å². The predicted molar refractivity (Wildman–Crippen MR) is 77.6 cm³/mol. The van der Waals surface area contributed by atoms with Crippen LogP contribution in [0.2, 0.25) is 0 Å². The van der Waals surface area contributed by atoms with Gasteiger partial charge < -0.3 is 10.5 Å². The Kier molecular flexibility index (Phi) is 8.51. The molecular weight excluding hydrogens is 284 g/mol. The summed E-state index contributed by atoms with van der Waals surface area (Å²) in [5.74, 6) is -0.438. The number of nitrogens with two attached hydrogens (primary N) is 1. The molecule has 0 unspecified atom stereocenters. The Morgan fingerprint density at radius 2 is 2.00 bits per heavy atom. The molecule has 0 fully saturated rings. The van der Waals surface area contributed by atoms with E-state index in [-0.39, 0.29) is 24.7 Å². The lowest BCUT2D eigenvalue weighted by atomic mass is 10.1. The fourth-order valence-corrected chi connectivity index (χ4v) is 1.52. The highest BCUT2D eigenvalue weighted by Gasteiger charge is 2.14. The maximum absolute atomic E-state index is 11.5. The van der Waals surface area contributed by atoms with Crippen LogP contribution >= 0.6 is 12.4 Å². The summed E-state index contributed by atoms with van der Waals surface area (Å²) in [7, 11) is 0. The number of carbonyl (C=O) groups excluding carboxylic acids is 1. The molecule has 0 aliphatic carbocycles. The first-order chi connectivity index (χ1) is 9.04. The fourth-order valence-electron chi connectivity index (χ4n) is 1.52. The maximum Gasteiger partial charge on any atom is 0.323 e. The number of ether oxygens (including phenoxy) is 1. The number of halogens is 1. The number of nitro groups is 1. The number of hydrogen-bond donors (Lipinski definition) is 1. The summed E-state index contributed by atoms with van der Waals surface area (Å²) in [5, 5.41) is 10.5. The summed E-state index contributed by atoms with van der Waals surface area (Å²) >= 11 is 0. The lowest BCUT2D eigenvalue weighted by Gasteiger charge is -2.10. The van der Waals surface area contributed by atoms with Crippen LogP contribution < -0.4 is 5.73 Å². The Labute approximate surface area is 123 Å². The highest BCUT2D eigenvalue weighted by Crippen LogP contribution is 2.13. The molecule has 0 heterocycles. The van der Waals surface area contributed by atoms with Gasteiger partial charge in [0.1, 0.15) is 12.6 Å². The summed E-state index contributed by atoms with van der Waals surface area (Å²) in [5.41, 5.74) is 6.37. The largest absolute Gasteiger partial charge is 0.460 e. The first-order valence-corrected chi connectivity index (χ1v) is 6.20. The molecule has 2 N–H and O–H groups in total. The van der Waals surface area contributed by atoms with Crippen molar-refractivity contribution in [3.8, 4) is 0 Å². The van der Waals surface area contributed by atoms with Gasteiger partial charge in [-0.1, -0.05) is 19.8 Å². The molecule has 6 nitrogen and oxygen atoms in total. The number of carbonyl (C=O) groups is 1. The van der Waals surface area contributed by atoms with Gasteiger partial charge >= 0.3 is 5.97 Å². The van der Waals surface area contributed by atoms with Crippen molar-refractivity contribution in [2.24, 2.45) is 5.73 Å². The maximum atomic E-state index is 11.5. The van der Waals surface area contributed by atoms with Crippen LogP contribution in [0, 0.1) is 10.1 Å². The van der Waals surface area contributed by atoms with E-state index in [0.717, 1.165) is 12.8 Å². The molecule has 0 aromatic heterocycles. The number of non-ortho nitro benzene ring substituents is 1. The molecule has 1 aromatic carbocycles. The van der Waals surface area contributed by atoms with Gasteiger partial charge in [0.05, 0.1) is 4.92 Å². The number of nitro benzene ring substituents is 1. The number of hydrogen-bond acceptors (Lipinski definition) is 5. The zero-order chi connectivity index (χ0) is 14.3. The molecule has 0 spiro atoms. The number of esters is 1. The van der Waals surface area contributed by atoms with E-state index in [2.05, 4.69) is 0 Å². The van der Waals surface area contributed by atoms with Crippen molar-refractivity contribution in [1.29, 1.82) is 0 Å². The third kappa shape index (κ3) is 5.99. The first kappa shape index (κ1) is 18.3. The minimum Gasteiger partial charge on any atom is -0.460 e. The molecule has 0 radical (unpaired) electrons. The molecule has 0 aliphatic rings. The predicted octanol–water partition coefficient (Wildman–Crippen LogP) is 2.58. The second-order valence-corrected chi connectivity index (χ2v) is 4.28. The molecule has 0 aliphatic heterocycles. The van der Waals surface area contributed by atoms with Gasteiger partial charge in [-0.25, -0.2) is 0 Å². The van der Waals surface area contributed by atoms with E-state index in [4.69, 9.17) is 10.5 Å². The van der Waals surface area contributed by atoms with Gasteiger partial charge in [0.25, 0.3) is 5.69 Å². The second kappa shape index (κ2) is 9.28. The molecular formula is C13H19ClN2O4. The van der Waals surface area contributed by atoms with Crippen molar-refractivity contribution in [2.45, 2.75) is 38.8 Å².